The Bertz CT molecular complexity index is 855. The lowest BCUT2D eigenvalue weighted by Crippen LogP contribution is -2.47. The first kappa shape index (κ1) is 21.5. The molecule has 29 heavy (non-hydrogen) atoms. The second kappa shape index (κ2) is 9.56. The van der Waals surface area contributed by atoms with Crippen LogP contribution >= 0.6 is 24.0 Å². The lowest BCUT2D eigenvalue weighted by molar-refractivity contribution is 0.0936. The summed E-state index contributed by atoms with van der Waals surface area (Å²) in [4.78, 5) is 4.35. The molecule has 0 aromatic heterocycles. The van der Waals surface area contributed by atoms with Gasteiger partial charge in [-0.1, -0.05) is 30.3 Å². The molecule has 1 atom stereocenters. The molecule has 2 aromatic carbocycles. The number of guanidine groups is 1. The van der Waals surface area contributed by atoms with Crippen LogP contribution in [0.3, 0.4) is 0 Å². The van der Waals surface area contributed by atoms with Crippen LogP contribution < -0.4 is 24.8 Å². The highest BCUT2D eigenvalue weighted by atomic mass is 127. The molecular formula is C22H28IN3O3. The molecule has 0 saturated heterocycles. The molecule has 1 fully saturated rings. The molecule has 2 aliphatic rings. The smallest absolute Gasteiger partial charge is 0.191 e. The lowest BCUT2D eigenvalue weighted by atomic mass is 9.95. The van der Waals surface area contributed by atoms with Crippen molar-refractivity contribution in [2.24, 2.45) is 4.99 Å². The molecule has 4 rings (SSSR count). The molecule has 1 saturated carbocycles. The predicted molar refractivity (Wildman–Crippen MR) is 125 cm³/mol. The Balaban J connectivity index is 0.00000240. The van der Waals surface area contributed by atoms with Gasteiger partial charge in [0.05, 0.1) is 13.7 Å². The second-order valence-electron chi connectivity index (χ2n) is 7.28. The highest BCUT2D eigenvalue weighted by molar-refractivity contribution is 14.0. The molecule has 0 amide bonds. The summed E-state index contributed by atoms with van der Waals surface area (Å²) >= 11 is 0. The Kier molecular flexibility index (Phi) is 7.10. The van der Waals surface area contributed by atoms with E-state index in [4.69, 9.17) is 14.2 Å². The normalized spacial score (nSPS) is 19.0. The molecule has 1 unspecified atom stereocenters. The fourth-order valence-corrected chi connectivity index (χ4v) is 3.62. The maximum atomic E-state index is 6.00. The average molecular weight is 509 g/mol. The third kappa shape index (κ3) is 4.88. The Morgan fingerprint density at radius 2 is 1.83 bits per heavy atom. The van der Waals surface area contributed by atoms with Gasteiger partial charge in [-0.2, -0.15) is 0 Å². The largest absolute Gasteiger partial charge is 0.496 e. The summed E-state index contributed by atoms with van der Waals surface area (Å²) in [5.74, 6) is 3.31. The molecule has 6 nitrogen and oxygen atoms in total. The number of fused-ring (bicyclic) bond motifs is 1. The SMILES string of the molecule is CN=C(NCC1COc2ccccc2O1)NCC1(c2ccccc2OC)CC1.I. The fourth-order valence-electron chi connectivity index (χ4n) is 3.62. The molecule has 7 heteroatoms. The summed E-state index contributed by atoms with van der Waals surface area (Å²) < 4.78 is 17.3. The van der Waals surface area contributed by atoms with Crippen LogP contribution in [-0.4, -0.2) is 45.9 Å². The van der Waals surface area contributed by atoms with Gasteiger partial charge in [-0.15, -0.1) is 24.0 Å². The standard InChI is InChI=1S/C22H27N3O3.HI/c1-23-21(24-13-16-14-27-19-9-5-6-10-20(19)28-16)25-15-22(11-12-22)17-7-3-4-8-18(17)26-2;/h3-10,16H,11-15H2,1-2H3,(H2,23,24,25);1H. The monoisotopic (exact) mass is 509 g/mol. The molecular weight excluding hydrogens is 481 g/mol. The Labute approximate surface area is 189 Å². The zero-order valence-corrected chi connectivity index (χ0v) is 19.1. The Hall–Kier alpha value is -2.16. The number of methoxy groups -OCH3 is 1. The van der Waals surface area contributed by atoms with Gasteiger partial charge in [-0.05, 0) is 31.0 Å². The van der Waals surface area contributed by atoms with Gasteiger partial charge in [0.1, 0.15) is 18.5 Å². The van der Waals surface area contributed by atoms with E-state index >= 15 is 0 Å². The van der Waals surface area contributed by atoms with Crippen molar-refractivity contribution in [1.29, 1.82) is 0 Å². The van der Waals surface area contributed by atoms with Crippen molar-refractivity contribution in [2.75, 3.05) is 33.9 Å². The van der Waals surface area contributed by atoms with Crippen LogP contribution in [0.25, 0.3) is 0 Å². The van der Waals surface area contributed by atoms with Gasteiger partial charge in [0.25, 0.3) is 0 Å². The van der Waals surface area contributed by atoms with E-state index in [2.05, 4.69) is 27.8 Å². The summed E-state index contributed by atoms with van der Waals surface area (Å²) in [5, 5.41) is 6.82. The summed E-state index contributed by atoms with van der Waals surface area (Å²) in [6, 6.07) is 16.0. The van der Waals surface area contributed by atoms with Crippen molar-refractivity contribution in [2.45, 2.75) is 24.4 Å². The number of ether oxygens (including phenoxy) is 3. The molecule has 0 radical (unpaired) electrons. The molecule has 0 bridgehead atoms. The third-order valence-electron chi connectivity index (χ3n) is 5.41. The quantitative estimate of drug-likeness (QED) is 0.356. The minimum absolute atomic E-state index is 0. The van der Waals surface area contributed by atoms with E-state index in [0.717, 1.165) is 42.6 Å². The van der Waals surface area contributed by atoms with Gasteiger partial charge < -0.3 is 24.8 Å². The Morgan fingerprint density at radius 3 is 2.55 bits per heavy atom. The van der Waals surface area contributed by atoms with Gasteiger partial charge in [0, 0.05) is 24.6 Å². The zero-order chi connectivity index (χ0) is 19.4. The fraction of sp³-hybridized carbons (Fsp3) is 0.409. The first-order valence-electron chi connectivity index (χ1n) is 9.70. The number of nitrogens with one attached hydrogen (secondary N) is 2. The van der Waals surface area contributed by atoms with Crippen molar-refractivity contribution >= 4 is 29.9 Å². The number of para-hydroxylation sites is 3. The minimum Gasteiger partial charge on any atom is -0.496 e. The summed E-state index contributed by atoms with van der Waals surface area (Å²) in [6.45, 7) is 1.96. The number of aliphatic imine (C=N–C) groups is 1. The van der Waals surface area contributed by atoms with Crippen LogP contribution in [0.2, 0.25) is 0 Å². The van der Waals surface area contributed by atoms with Gasteiger partial charge in [-0.25, -0.2) is 0 Å². The molecule has 1 aliphatic carbocycles. The Morgan fingerprint density at radius 1 is 1.10 bits per heavy atom. The van der Waals surface area contributed by atoms with Crippen LogP contribution in [0.4, 0.5) is 0 Å². The predicted octanol–water partition coefficient (Wildman–Crippen LogP) is 3.35. The molecule has 1 aliphatic heterocycles. The highest BCUT2D eigenvalue weighted by Crippen LogP contribution is 2.50. The van der Waals surface area contributed by atoms with Crippen LogP contribution in [0, 0.1) is 0 Å². The van der Waals surface area contributed by atoms with Crippen LogP contribution in [0.1, 0.15) is 18.4 Å². The van der Waals surface area contributed by atoms with Crippen molar-refractivity contribution in [1.82, 2.24) is 10.6 Å². The lowest BCUT2D eigenvalue weighted by Gasteiger charge is -2.27. The topological polar surface area (TPSA) is 64.1 Å². The van der Waals surface area contributed by atoms with E-state index in [-0.39, 0.29) is 35.5 Å². The average Bonchev–Trinajstić information content (AvgIpc) is 3.54. The van der Waals surface area contributed by atoms with Crippen molar-refractivity contribution < 1.29 is 14.2 Å². The minimum atomic E-state index is -0.0578. The van der Waals surface area contributed by atoms with E-state index in [0.29, 0.717) is 13.2 Å². The zero-order valence-electron chi connectivity index (χ0n) is 16.8. The number of benzene rings is 2. The molecule has 1 heterocycles. The molecule has 156 valence electrons. The number of hydrogen-bond acceptors (Lipinski definition) is 4. The number of rotatable bonds is 6. The first-order chi connectivity index (χ1) is 13.7. The summed E-state index contributed by atoms with van der Waals surface area (Å²) in [5.41, 5.74) is 1.38. The summed E-state index contributed by atoms with van der Waals surface area (Å²) in [6.07, 6.45) is 2.24. The van der Waals surface area contributed by atoms with Gasteiger partial charge in [0.2, 0.25) is 0 Å². The highest BCUT2D eigenvalue weighted by Gasteiger charge is 2.46. The molecule has 2 aromatic rings. The van der Waals surface area contributed by atoms with Crippen molar-refractivity contribution in [3.63, 3.8) is 0 Å². The third-order valence-corrected chi connectivity index (χ3v) is 5.41. The molecule has 0 spiro atoms. The van der Waals surface area contributed by atoms with E-state index in [9.17, 15) is 0 Å². The van der Waals surface area contributed by atoms with Gasteiger partial charge in [-0.3, -0.25) is 4.99 Å². The summed E-state index contributed by atoms with van der Waals surface area (Å²) in [7, 11) is 3.51. The second-order valence-corrected chi connectivity index (χ2v) is 7.28. The van der Waals surface area contributed by atoms with Gasteiger partial charge >= 0.3 is 0 Å². The number of nitrogens with zero attached hydrogens (tertiary/aromatic N) is 1. The van der Waals surface area contributed by atoms with E-state index in [1.54, 1.807) is 14.2 Å². The van der Waals surface area contributed by atoms with Crippen LogP contribution in [-0.2, 0) is 5.41 Å². The number of halogens is 1. The van der Waals surface area contributed by atoms with Gasteiger partial charge in [0.15, 0.2) is 17.5 Å². The van der Waals surface area contributed by atoms with Crippen molar-refractivity contribution in [3.8, 4) is 17.2 Å². The maximum absolute atomic E-state index is 6.00. The maximum Gasteiger partial charge on any atom is 0.191 e. The van der Waals surface area contributed by atoms with E-state index in [1.807, 2.05) is 36.4 Å². The number of hydrogen-bond donors (Lipinski definition) is 2. The van der Waals surface area contributed by atoms with Crippen molar-refractivity contribution in [3.05, 3.63) is 54.1 Å². The first-order valence-corrected chi connectivity index (χ1v) is 9.70. The molecule has 2 N–H and O–H groups in total. The van der Waals surface area contributed by atoms with Crippen LogP contribution in [0.15, 0.2) is 53.5 Å². The van der Waals surface area contributed by atoms with E-state index < -0.39 is 0 Å². The van der Waals surface area contributed by atoms with E-state index in [1.165, 1.54) is 5.56 Å². The van der Waals surface area contributed by atoms with Crippen LogP contribution in [0.5, 0.6) is 17.2 Å².